The lowest BCUT2D eigenvalue weighted by atomic mass is 10.2. The van der Waals surface area contributed by atoms with Crippen LogP contribution in [0.3, 0.4) is 0 Å². The van der Waals surface area contributed by atoms with Gasteiger partial charge in [-0.15, -0.1) is 0 Å². The highest BCUT2D eigenvalue weighted by Gasteiger charge is 2.11. The molecule has 0 atom stereocenters. The zero-order valence-corrected chi connectivity index (χ0v) is 10.7. The van der Waals surface area contributed by atoms with Crippen molar-refractivity contribution in [3.05, 3.63) is 22.7 Å². The molecular weight excluding hydrogens is 260 g/mol. The molecule has 0 saturated heterocycles. The van der Waals surface area contributed by atoms with Gasteiger partial charge in [0.1, 0.15) is 12.3 Å². The zero-order chi connectivity index (χ0) is 13.7. The van der Waals surface area contributed by atoms with Gasteiger partial charge in [0, 0.05) is 5.02 Å². The Balaban J connectivity index is 2.83. The van der Waals surface area contributed by atoms with Crippen molar-refractivity contribution in [1.29, 1.82) is 0 Å². The summed E-state index contributed by atoms with van der Waals surface area (Å²) in [5.41, 5.74) is 1.14. The van der Waals surface area contributed by atoms with E-state index in [-0.39, 0.29) is 0 Å². The van der Waals surface area contributed by atoms with E-state index < -0.39 is 18.5 Å². The Morgan fingerprint density at radius 3 is 2.67 bits per heavy atom. The molecule has 0 fully saturated rings. The van der Waals surface area contributed by atoms with Gasteiger partial charge in [-0.1, -0.05) is 11.6 Å². The maximum Gasteiger partial charge on any atom is 0.323 e. The fraction of sp³-hybridized carbons (Fsp3) is 0.273. The van der Waals surface area contributed by atoms with Crippen LogP contribution in [0.1, 0.15) is 5.56 Å². The number of carboxylic acid groups (broad SMARTS) is 1. The van der Waals surface area contributed by atoms with Crippen LogP contribution in [0.5, 0.6) is 5.75 Å². The van der Waals surface area contributed by atoms with Gasteiger partial charge in [-0.05, 0) is 24.6 Å². The van der Waals surface area contributed by atoms with Crippen LogP contribution in [0.2, 0.25) is 5.02 Å². The number of carbonyl (C=O) groups excluding carboxylic acids is 1. The van der Waals surface area contributed by atoms with Crippen molar-refractivity contribution in [2.24, 2.45) is 0 Å². The lowest BCUT2D eigenvalue weighted by molar-refractivity contribution is -0.135. The molecule has 0 aromatic heterocycles. The lowest BCUT2D eigenvalue weighted by Gasteiger charge is -2.13. The number of aliphatic carboxylic acids is 1. The second kappa shape index (κ2) is 6.11. The molecule has 0 aliphatic carbocycles. The third kappa shape index (κ3) is 3.81. The van der Waals surface area contributed by atoms with Crippen LogP contribution < -0.4 is 15.4 Å². The van der Waals surface area contributed by atoms with Crippen molar-refractivity contribution >= 4 is 29.3 Å². The van der Waals surface area contributed by atoms with E-state index in [1.807, 2.05) is 0 Å². The van der Waals surface area contributed by atoms with Crippen molar-refractivity contribution in [2.45, 2.75) is 6.92 Å². The molecule has 0 aliphatic heterocycles. The molecule has 98 valence electrons. The Kier molecular flexibility index (Phi) is 4.79. The topological polar surface area (TPSA) is 87.7 Å². The SMILES string of the molecule is COc1c(C)cc(Cl)cc1NC(=O)NCC(=O)O. The van der Waals surface area contributed by atoms with Gasteiger partial charge in [0.2, 0.25) is 0 Å². The number of urea groups is 1. The number of hydrogen-bond acceptors (Lipinski definition) is 3. The predicted molar refractivity (Wildman–Crippen MR) is 67.4 cm³/mol. The van der Waals surface area contributed by atoms with Gasteiger partial charge in [0.15, 0.2) is 0 Å². The molecule has 0 unspecified atom stereocenters. The predicted octanol–water partition coefficient (Wildman–Crippen LogP) is 1.86. The number of nitrogens with one attached hydrogen (secondary N) is 2. The van der Waals surface area contributed by atoms with Gasteiger partial charge >= 0.3 is 12.0 Å². The van der Waals surface area contributed by atoms with Gasteiger partial charge in [-0.25, -0.2) is 4.79 Å². The van der Waals surface area contributed by atoms with Crippen LogP contribution in [0.25, 0.3) is 0 Å². The van der Waals surface area contributed by atoms with Gasteiger partial charge in [-0.2, -0.15) is 0 Å². The number of hydrogen-bond donors (Lipinski definition) is 3. The summed E-state index contributed by atoms with van der Waals surface area (Å²) in [4.78, 5) is 21.7. The molecule has 0 aliphatic rings. The van der Waals surface area contributed by atoms with E-state index in [1.54, 1.807) is 13.0 Å². The van der Waals surface area contributed by atoms with E-state index in [2.05, 4.69) is 10.6 Å². The zero-order valence-electron chi connectivity index (χ0n) is 9.91. The smallest absolute Gasteiger partial charge is 0.323 e. The molecule has 1 rings (SSSR count). The van der Waals surface area contributed by atoms with Gasteiger partial charge < -0.3 is 20.5 Å². The molecular formula is C11H13ClN2O4. The highest BCUT2D eigenvalue weighted by Crippen LogP contribution is 2.31. The monoisotopic (exact) mass is 272 g/mol. The first-order valence-corrected chi connectivity index (χ1v) is 5.42. The second-order valence-corrected chi connectivity index (χ2v) is 3.94. The van der Waals surface area contributed by atoms with E-state index in [1.165, 1.54) is 13.2 Å². The van der Waals surface area contributed by atoms with Crippen LogP contribution in [0, 0.1) is 6.92 Å². The minimum absolute atomic E-state index is 0.380. The first-order chi connectivity index (χ1) is 8.43. The third-order valence-electron chi connectivity index (χ3n) is 2.09. The van der Waals surface area contributed by atoms with Crippen molar-refractivity contribution < 1.29 is 19.4 Å². The fourth-order valence-electron chi connectivity index (χ4n) is 1.42. The molecule has 1 aromatic carbocycles. The maximum atomic E-state index is 11.4. The number of amides is 2. The highest BCUT2D eigenvalue weighted by atomic mass is 35.5. The summed E-state index contributed by atoms with van der Waals surface area (Å²) < 4.78 is 5.14. The third-order valence-corrected chi connectivity index (χ3v) is 2.31. The van der Waals surface area contributed by atoms with Crippen molar-refractivity contribution in [1.82, 2.24) is 5.32 Å². The molecule has 1 aromatic rings. The fourth-order valence-corrected chi connectivity index (χ4v) is 1.69. The molecule has 0 bridgehead atoms. The molecule has 0 saturated carbocycles. The summed E-state index contributed by atoms with van der Waals surface area (Å²) in [5.74, 6) is -0.649. The Morgan fingerprint density at radius 2 is 2.11 bits per heavy atom. The number of anilines is 1. The minimum Gasteiger partial charge on any atom is -0.494 e. The van der Waals surface area contributed by atoms with Crippen molar-refractivity contribution in [3.63, 3.8) is 0 Å². The number of benzene rings is 1. The highest BCUT2D eigenvalue weighted by molar-refractivity contribution is 6.31. The number of aryl methyl sites for hydroxylation is 1. The maximum absolute atomic E-state index is 11.4. The molecule has 18 heavy (non-hydrogen) atoms. The van der Waals surface area contributed by atoms with Crippen LogP contribution in [0.4, 0.5) is 10.5 Å². The van der Waals surface area contributed by atoms with E-state index >= 15 is 0 Å². The first kappa shape index (κ1) is 14.1. The Bertz CT molecular complexity index is 476. The standard InChI is InChI=1S/C11H13ClN2O4/c1-6-3-7(12)4-8(10(6)18-2)14-11(17)13-5-9(15)16/h3-4H,5H2,1-2H3,(H,15,16)(H2,13,14,17). The number of ether oxygens (including phenoxy) is 1. The normalized spacial score (nSPS) is 9.72. The Labute approximate surface area is 109 Å². The summed E-state index contributed by atoms with van der Waals surface area (Å²) in [6, 6.07) is 2.58. The summed E-state index contributed by atoms with van der Waals surface area (Å²) in [5, 5.41) is 13.5. The molecule has 6 nitrogen and oxygen atoms in total. The van der Waals surface area contributed by atoms with E-state index in [0.717, 1.165) is 5.56 Å². The average Bonchev–Trinajstić information content (AvgIpc) is 2.26. The second-order valence-electron chi connectivity index (χ2n) is 3.50. The lowest BCUT2D eigenvalue weighted by Crippen LogP contribution is -2.33. The summed E-state index contributed by atoms with van der Waals surface area (Å²) in [7, 11) is 1.47. The van der Waals surface area contributed by atoms with Crippen LogP contribution in [-0.4, -0.2) is 30.8 Å². The van der Waals surface area contributed by atoms with Gasteiger partial charge in [0.25, 0.3) is 0 Å². The Morgan fingerprint density at radius 1 is 1.44 bits per heavy atom. The van der Waals surface area contributed by atoms with Crippen molar-refractivity contribution in [2.75, 3.05) is 19.0 Å². The summed E-state index contributed by atoms with van der Waals surface area (Å²) in [6.45, 7) is 1.32. The molecule has 0 radical (unpaired) electrons. The molecule has 3 N–H and O–H groups in total. The number of carboxylic acids is 1. The molecule has 7 heteroatoms. The van der Waals surface area contributed by atoms with E-state index in [0.29, 0.717) is 16.5 Å². The first-order valence-electron chi connectivity index (χ1n) is 5.05. The van der Waals surface area contributed by atoms with E-state index in [4.69, 9.17) is 21.4 Å². The largest absolute Gasteiger partial charge is 0.494 e. The summed E-state index contributed by atoms with van der Waals surface area (Å²) >= 11 is 5.87. The van der Waals surface area contributed by atoms with E-state index in [9.17, 15) is 9.59 Å². The summed E-state index contributed by atoms with van der Waals surface area (Å²) in [6.07, 6.45) is 0. The molecule has 2 amide bonds. The van der Waals surface area contributed by atoms with Crippen molar-refractivity contribution in [3.8, 4) is 5.75 Å². The van der Waals surface area contributed by atoms with Crippen LogP contribution in [0.15, 0.2) is 12.1 Å². The number of methoxy groups -OCH3 is 1. The quantitative estimate of drug-likeness (QED) is 0.781. The Hall–Kier alpha value is -1.95. The minimum atomic E-state index is -1.13. The van der Waals surface area contributed by atoms with Gasteiger partial charge in [-0.3, -0.25) is 4.79 Å². The van der Waals surface area contributed by atoms with Crippen LogP contribution >= 0.6 is 11.6 Å². The number of rotatable bonds is 4. The molecule has 0 spiro atoms. The number of halogens is 1. The molecule has 0 heterocycles. The average molecular weight is 273 g/mol. The number of carbonyl (C=O) groups is 2. The van der Waals surface area contributed by atoms with Gasteiger partial charge in [0.05, 0.1) is 12.8 Å². The van der Waals surface area contributed by atoms with Crippen LogP contribution in [-0.2, 0) is 4.79 Å².